The second-order valence-electron chi connectivity index (χ2n) is 4.28. The minimum atomic E-state index is -1.06. The fraction of sp³-hybridized carbons (Fsp3) is 0.727. The number of amides is 3. The van der Waals surface area contributed by atoms with Crippen LogP contribution < -0.4 is 10.6 Å². The summed E-state index contributed by atoms with van der Waals surface area (Å²) in [6.07, 6.45) is 2.23. The Morgan fingerprint density at radius 3 is 2.89 bits per heavy atom. The number of carboxylic acids is 1. The average Bonchev–Trinajstić information content (AvgIpc) is 2.37. The van der Waals surface area contributed by atoms with E-state index in [1.54, 1.807) is 6.92 Å². The Balaban J connectivity index is 2.60. The summed E-state index contributed by atoms with van der Waals surface area (Å²) in [4.78, 5) is 35.8. The summed E-state index contributed by atoms with van der Waals surface area (Å²) in [5, 5.41) is 14.2. The monoisotopic (exact) mass is 289 g/mol. The van der Waals surface area contributed by atoms with Crippen LogP contribution in [0.2, 0.25) is 0 Å². The number of rotatable bonds is 5. The Morgan fingerprint density at radius 1 is 1.63 bits per heavy atom. The van der Waals surface area contributed by atoms with Crippen LogP contribution in [0, 0.1) is 0 Å². The lowest BCUT2D eigenvalue weighted by Crippen LogP contribution is -2.60. The maximum Gasteiger partial charge on any atom is 0.326 e. The quantitative estimate of drug-likeness (QED) is 0.646. The van der Waals surface area contributed by atoms with E-state index in [2.05, 4.69) is 10.6 Å². The van der Waals surface area contributed by atoms with Crippen LogP contribution in [-0.4, -0.2) is 65.1 Å². The maximum absolute atomic E-state index is 12.0. The molecule has 8 heteroatoms. The minimum absolute atomic E-state index is 0.225. The van der Waals surface area contributed by atoms with E-state index in [-0.39, 0.29) is 5.91 Å². The molecular weight excluding hydrogens is 270 g/mol. The molecular formula is C11H19N3O4S. The molecule has 2 unspecified atom stereocenters. The van der Waals surface area contributed by atoms with Crippen molar-refractivity contribution in [3.05, 3.63) is 0 Å². The first-order valence-corrected chi connectivity index (χ1v) is 7.43. The number of carbonyl (C=O) groups excluding carboxylic acids is 2. The van der Waals surface area contributed by atoms with Crippen molar-refractivity contribution >= 4 is 29.7 Å². The van der Waals surface area contributed by atoms with Crippen LogP contribution in [-0.2, 0) is 9.59 Å². The number of hydrogen-bond acceptors (Lipinski definition) is 4. The number of piperazine rings is 1. The second kappa shape index (κ2) is 7.22. The topological polar surface area (TPSA) is 98.7 Å². The summed E-state index contributed by atoms with van der Waals surface area (Å²) in [6.45, 7) is 2.39. The summed E-state index contributed by atoms with van der Waals surface area (Å²) < 4.78 is 0. The second-order valence-corrected chi connectivity index (χ2v) is 5.27. The minimum Gasteiger partial charge on any atom is -0.480 e. The lowest BCUT2D eigenvalue weighted by atomic mass is 10.2. The van der Waals surface area contributed by atoms with Gasteiger partial charge in [-0.2, -0.15) is 11.8 Å². The van der Waals surface area contributed by atoms with Gasteiger partial charge in [0.05, 0.1) is 0 Å². The third-order valence-corrected chi connectivity index (χ3v) is 3.61. The summed E-state index contributed by atoms with van der Waals surface area (Å²) in [5.41, 5.74) is 0. The fourth-order valence-electron chi connectivity index (χ4n) is 1.78. The zero-order valence-corrected chi connectivity index (χ0v) is 11.8. The van der Waals surface area contributed by atoms with Gasteiger partial charge in [0, 0.05) is 13.1 Å². The molecule has 3 amide bonds. The number of thioether (sulfide) groups is 1. The lowest BCUT2D eigenvalue weighted by molar-refractivity contribution is -0.139. The first kappa shape index (κ1) is 15.6. The Hall–Kier alpha value is -1.44. The van der Waals surface area contributed by atoms with E-state index in [0.717, 1.165) is 0 Å². The van der Waals surface area contributed by atoms with E-state index in [9.17, 15) is 14.4 Å². The molecule has 0 bridgehead atoms. The van der Waals surface area contributed by atoms with Crippen LogP contribution in [0.3, 0.4) is 0 Å². The van der Waals surface area contributed by atoms with Crippen LogP contribution in [0.4, 0.5) is 4.79 Å². The van der Waals surface area contributed by atoms with Gasteiger partial charge in [-0.05, 0) is 25.4 Å². The maximum atomic E-state index is 12.0. The van der Waals surface area contributed by atoms with Crippen LogP contribution in [0.1, 0.15) is 13.3 Å². The normalized spacial score (nSPS) is 20.6. The first-order chi connectivity index (χ1) is 8.97. The molecule has 0 aromatic rings. The number of urea groups is 1. The Bertz CT molecular complexity index is 364. The zero-order chi connectivity index (χ0) is 14.4. The number of carbonyl (C=O) groups is 3. The van der Waals surface area contributed by atoms with Gasteiger partial charge >= 0.3 is 12.0 Å². The Morgan fingerprint density at radius 2 is 2.32 bits per heavy atom. The van der Waals surface area contributed by atoms with Crippen molar-refractivity contribution in [3.8, 4) is 0 Å². The Labute approximate surface area is 116 Å². The van der Waals surface area contributed by atoms with Crippen molar-refractivity contribution in [2.45, 2.75) is 25.4 Å². The molecule has 1 heterocycles. The van der Waals surface area contributed by atoms with E-state index in [1.807, 2.05) is 6.26 Å². The molecule has 1 saturated heterocycles. The van der Waals surface area contributed by atoms with Gasteiger partial charge in [0.25, 0.3) is 0 Å². The van der Waals surface area contributed by atoms with Crippen molar-refractivity contribution in [2.75, 3.05) is 25.1 Å². The molecule has 0 spiro atoms. The lowest BCUT2D eigenvalue weighted by Gasteiger charge is -2.33. The van der Waals surface area contributed by atoms with Crippen molar-refractivity contribution in [1.29, 1.82) is 0 Å². The number of nitrogens with zero attached hydrogens (tertiary/aromatic N) is 1. The summed E-state index contributed by atoms with van der Waals surface area (Å²) in [7, 11) is 0. The number of hydrogen-bond donors (Lipinski definition) is 3. The third kappa shape index (κ3) is 4.30. The van der Waals surface area contributed by atoms with E-state index >= 15 is 0 Å². The van der Waals surface area contributed by atoms with E-state index in [0.29, 0.717) is 25.3 Å². The van der Waals surface area contributed by atoms with Gasteiger partial charge in [0.1, 0.15) is 12.1 Å². The predicted molar refractivity (Wildman–Crippen MR) is 72.1 cm³/mol. The molecule has 19 heavy (non-hydrogen) atoms. The molecule has 1 aliphatic rings. The molecule has 0 radical (unpaired) electrons. The smallest absolute Gasteiger partial charge is 0.326 e. The molecule has 1 fully saturated rings. The van der Waals surface area contributed by atoms with Crippen LogP contribution >= 0.6 is 11.8 Å². The Kier molecular flexibility index (Phi) is 5.94. The van der Waals surface area contributed by atoms with Gasteiger partial charge in [-0.25, -0.2) is 9.59 Å². The highest BCUT2D eigenvalue weighted by Gasteiger charge is 2.31. The summed E-state index contributed by atoms with van der Waals surface area (Å²) in [6, 6.07) is -2.00. The van der Waals surface area contributed by atoms with Crippen molar-refractivity contribution in [1.82, 2.24) is 15.5 Å². The SMILES string of the molecule is CSCCC(NC(=O)N1CCNC(=O)C1C)C(=O)O. The van der Waals surface area contributed by atoms with Crippen molar-refractivity contribution in [2.24, 2.45) is 0 Å². The number of carboxylic acid groups (broad SMARTS) is 1. The molecule has 2 atom stereocenters. The molecule has 0 aromatic carbocycles. The van der Waals surface area contributed by atoms with E-state index in [1.165, 1.54) is 16.7 Å². The van der Waals surface area contributed by atoms with Gasteiger partial charge < -0.3 is 20.6 Å². The van der Waals surface area contributed by atoms with E-state index in [4.69, 9.17) is 5.11 Å². The van der Waals surface area contributed by atoms with E-state index < -0.39 is 24.1 Å². The van der Waals surface area contributed by atoms with Gasteiger partial charge in [-0.15, -0.1) is 0 Å². The van der Waals surface area contributed by atoms with Crippen molar-refractivity contribution < 1.29 is 19.5 Å². The molecule has 1 aliphatic heterocycles. The standard InChI is InChI=1S/C11H19N3O4S/c1-7-9(15)12-4-5-14(7)11(18)13-8(10(16)17)3-6-19-2/h7-8H,3-6H2,1-2H3,(H,12,15)(H,13,18)(H,16,17). The van der Waals surface area contributed by atoms with Gasteiger partial charge in [-0.3, -0.25) is 4.79 Å². The largest absolute Gasteiger partial charge is 0.480 e. The van der Waals surface area contributed by atoms with Gasteiger partial charge in [-0.1, -0.05) is 0 Å². The highest BCUT2D eigenvalue weighted by atomic mass is 32.2. The third-order valence-electron chi connectivity index (χ3n) is 2.97. The summed E-state index contributed by atoms with van der Waals surface area (Å²) >= 11 is 1.52. The average molecular weight is 289 g/mol. The summed E-state index contributed by atoms with van der Waals surface area (Å²) in [5.74, 6) is -0.637. The molecule has 0 saturated carbocycles. The predicted octanol–water partition coefficient (Wildman–Crippen LogP) is -0.277. The van der Waals surface area contributed by atoms with Crippen LogP contribution in [0.5, 0.6) is 0 Å². The fourth-order valence-corrected chi connectivity index (χ4v) is 2.26. The zero-order valence-electron chi connectivity index (χ0n) is 11.0. The molecule has 1 rings (SSSR count). The molecule has 0 aliphatic carbocycles. The molecule has 3 N–H and O–H groups in total. The van der Waals surface area contributed by atoms with Crippen LogP contribution in [0.15, 0.2) is 0 Å². The van der Waals surface area contributed by atoms with Crippen LogP contribution in [0.25, 0.3) is 0 Å². The number of nitrogens with one attached hydrogen (secondary N) is 2. The molecule has 108 valence electrons. The number of aliphatic carboxylic acids is 1. The van der Waals surface area contributed by atoms with Gasteiger partial charge in [0.2, 0.25) is 5.91 Å². The first-order valence-electron chi connectivity index (χ1n) is 6.04. The van der Waals surface area contributed by atoms with Gasteiger partial charge in [0.15, 0.2) is 0 Å². The van der Waals surface area contributed by atoms with Crippen molar-refractivity contribution in [3.63, 3.8) is 0 Å². The highest BCUT2D eigenvalue weighted by molar-refractivity contribution is 7.98. The molecule has 7 nitrogen and oxygen atoms in total. The highest BCUT2D eigenvalue weighted by Crippen LogP contribution is 2.06. The molecule has 0 aromatic heterocycles.